The lowest BCUT2D eigenvalue weighted by atomic mass is 9.96. The Morgan fingerprint density at radius 1 is 1.15 bits per heavy atom. The molecular formula is C21H22N2O3. The summed E-state index contributed by atoms with van der Waals surface area (Å²) < 4.78 is 0. The number of rotatable bonds is 7. The normalized spacial score (nSPS) is 12.5. The number of aliphatic hydroxyl groups is 1. The zero-order valence-electron chi connectivity index (χ0n) is 14.7. The van der Waals surface area contributed by atoms with Crippen molar-refractivity contribution in [3.05, 3.63) is 65.7 Å². The average molecular weight is 350 g/mol. The van der Waals surface area contributed by atoms with Crippen molar-refractivity contribution >= 4 is 17.5 Å². The third kappa shape index (κ3) is 5.76. The van der Waals surface area contributed by atoms with Crippen LogP contribution in [0.15, 0.2) is 54.6 Å². The SMILES string of the molecule is C#Cc1cccc(NC(=O)CNC(=O)C(C)(O)CCc2ccccc2)c1. The highest BCUT2D eigenvalue weighted by molar-refractivity contribution is 5.95. The lowest BCUT2D eigenvalue weighted by Crippen LogP contribution is -2.47. The lowest BCUT2D eigenvalue weighted by molar-refractivity contribution is -0.139. The molecule has 5 nitrogen and oxygen atoms in total. The van der Waals surface area contributed by atoms with Crippen LogP contribution < -0.4 is 10.6 Å². The molecule has 0 radical (unpaired) electrons. The van der Waals surface area contributed by atoms with Crippen molar-refractivity contribution in [3.63, 3.8) is 0 Å². The molecule has 26 heavy (non-hydrogen) atoms. The standard InChI is InChI=1S/C21H22N2O3/c1-3-16-10-7-11-18(14-16)23-19(24)15-22-20(25)21(2,26)13-12-17-8-5-4-6-9-17/h1,4-11,14,26H,12-13,15H2,2H3,(H,22,25)(H,23,24). The maximum atomic E-state index is 12.2. The van der Waals surface area contributed by atoms with Crippen LogP contribution in [0.3, 0.4) is 0 Å². The van der Waals surface area contributed by atoms with Crippen LogP contribution in [0.5, 0.6) is 0 Å². The van der Waals surface area contributed by atoms with Gasteiger partial charge in [0.05, 0.1) is 6.54 Å². The largest absolute Gasteiger partial charge is 0.380 e. The number of hydrogen-bond acceptors (Lipinski definition) is 3. The van der Waals surface area contributed by atoms with Gasteiger partial charge in [-0.15, -0.1) is 6.42 Å². The number of benzene rings is 2. The van der Waals surface area contributed by atoms with E-state index in [2.05, 4.69) is 16.6 Å². The monoisotopic (exact) mass is 350 g/mol. The van der Waals surface area contributed by atoms with Crippen molar-refractivity contribution in [1.29, 1.82) is 0 Å². The second-order valence-corrected chi connectivity index (χ2v) is 6.22. The van der Waals surface area contributed by atoms with Crippen molar-refractivity contribution < 1.29 is 14.7 Å². The quantitative estimate of drug-likeness (QED) is 0.669. The summed E-state index contributed by atoms with van der Waals surface area (Å²) in [5.74, 6) is 1.50. The number of terminal acetylenes is 1. The van der Waals surface area contributed by atoms with Gasteiger partial charge >= 0.3 is 0 Å². The van der Waals surface area contributed by atoms with Crippen LogP contribution in [0.2, 0.25) is 0 Å². The van der Waals surface area contributed by atoms with Crippen LogP contribution in [0, 0.1) is 12.3 Å². The number of carbonyl (C=O) groups is 2. The Kier molecular flexibility index (Phi) is 6.54. The van der Waals surface area contributed by atoms with Gasteiger partial charge in [0.2, 0.25) is 5.91 Å². The predicted octanol–water partition coefficient (Wildman–Crippen LogP) is 2.11. The molecule has 0 aliphatic carbocycles. The molecule has 134 valence electrons. The number of hydrogen-bond donors (Lipinski definition) is 3. The van der Waals surface area contributed by atoms with Gasteiger partial charge in [-0.3, -0.25) is 9.59 Å². The molecule has 1 atom stereocenters. The molecule has 2 aromatic rings. The van der Waals surface area contributed by atoms with E-state index in [1.807, 2.05) is 30.3 Å². The molecule has 0 heterocycles. The van der Waals surface area contributed by atoms with E-state index in [9.17, 15) is 14.7 Å². The summed E-state index contributed by atoms with van der Waals surface area (Å²) in [7, 11) is 0. The number of aryl methyl sites for hydroxylation is 1. The Morgan fingerprint density at radius 3 is 2.58 bits per heavy atom. The number of carbonyl (C=O) groups excluding carboxylic acids is 2. The molecular weight excluding hydrogens is 328 g/mol. The van der Waals surface area contributed by atoms with Gasteiger partial charge in [0, 0.05) is 11.3 Å². The Bertz CT molecular complexity index is 808. The van der Waals surface area contributed by atoms with Crippen LogP contribution in [-0.2, 0) is 16.0 Å². The van der Waals surface area contributed by atoms with E-state index in [1.165, 1.54) is 6.92 Å². The number of anilines is 1. The fourth-order valence-electron chi connectivity index (χ4n) is 2.39. The van der Waals surface area contributed by atoms with E-state index in [0.717, 1.165) is 5.56 Å². The molecule has 2 aromatic carbocycles. The molecule has 5 heteroatoms. The zero-order valence-corrected chi connectivity index (χ0v) is 14.7. The topological polar surface area (TPSA) is 78.4 Å². The van der Waals surface area contributed by atoms with Crippen LogP contribution in [0.4, 0.5) is 5.69 Å². The summed E-state index contributed by atoms with van der Waals surface area (Å²) in [6.07, 6.45) is 6.14. The van der Waals surface area contributed by atoms with E-state index >= 15 is 0 Å². The highest BCUT2D eigenvalue weighted by Crippen LogP contribution is 2.14. The molecule has 0 aliphatic heterocycles. The molecule has 0 bridgehead atoms. The third-order valence-corrected chi connectivity index (χ3v) is 3.95. The van der Waals surface area contributed by atoms with Gasteiger partial charge in [-0.2, -0.15) is 0 Å². The molecule has 0 saturated heterocycles. The van der Waals surface area contributed by atoms with E-state index in [1.54, 1.807) is 24.3 Å². The van der Waals surface area contributed by atoms with Gasteiger partial charge in [0.15, 0.2) is 0 Å². The van der Waals surface area contributed by atoms with Crippen molar-refractivity contribution in [2.45, 2.75) is 25.4 Å². The summed E-state index contributed by atoms with van der Waals surface area (Å²) in [4.78, 5) is 24.1. The molecule has 0 aromatic heterocycles. The second-order valence-electron chi connectivity index (χ2n) is 6.22. The third-order valence-electron chi connectivity index (χ3n) is 3.95. The molecule has 0 saturated carbocycles. The molecule has 0 spiro atoms. The van der Waals surface area contributed by atoms with E-state index in [4.69, 9.17) is 6.42 Å². The first-order chi connectivity index (χ1) is 12.4. The van der Waals surface area contributed by atoms with Crippen molar-refractivity contribution in [2.24, 2.45) is 0 Å². The zero-order chi connectivity index (χ0) is 19.0. The molecule has 0 aliphatic rings. The van der Waals surface area contributed by atoms with E-state index < -0.39 is 17.4 Å². The van der Waals surface area contributed by atoms with Crippen LogP contribution in [0.1, 0.15) is 24.5 Å². The summed E-state index contributed by atoms with van der Waals surface area (Å²) in [5.41, 5.74) is 0.678. The maximum absolute atomic E-state index is 12.2. The van der Waals surface area contributed by atoms with Gasteiger partial charge < -0.3 is 15.7 Å². The maximum Gasteiger partial charge on any atom is 0.252 e. The first-order valence-electron chi connectivity index (χ1n) is 8.32. The summed E-state index contributed by atoms with van der Waals surface area (Å²) in [6.45, 7) is 1.21. The smallest absolute Gasteiger partial charge is 0.252 e. The molecule has 2 rings (SSSR count). The fraction of sp³-hybridized carbons (Fsp3) is 0.238. The van der Waals surface area contributed by atoms with Gasteiger partial charge in [-0.05, 0) is 43.5 Å². The average Bonchev–Trinajstić information content (AvgIpc) is 2.65. The second kappa shape index (κ2) is 8.84. The van der Waals surface area contributed by atoms with Crippen molar-refractivity contribution in [2.75, 3.05) is 11.9 Å². The van der Waals surface area contributed by atoms with Gasteiger partial charge in [0.25, 0.3) is 5.91 Å². The molecule has 1 unspecified atom stereocenters. The van der Waals surface area contributed by atoms with E-state index in [-0.39, 0.29) is 13.0 Å². The fourth-order valence-corrected chi connectivity index (χ4v) is 2.39. The minimum absolute atomic E-state index is 0.236. The van der Waals surface area contributed by atoms with Crippen molar-refractivity contribution in [3.8, 4) is 12.3 Å². The van der Waals surface area contributed by atoms with Crippen molar-refractivity contribution in [1.82, 2.24) is 5.32 Å². The van der Waals surface area contributed by atoms with Gasteiger partial charge in [-0.1, -0.05) is 42.3 Å². The first-order valence-corrected chi connectivity index (χ1v) is 8.32. The molecule has 0 fully saturated rings. The van der Waals surface area contributed by atoms with Crippen LogP contribution in [-0.4, -0.2) is 29.1 Å². The van der Waals surface area contributed by atoms with Crippen LogP contribution in [0.25, 0.3) is 0 Å². The molecule has 2 amide bonds. The molecule has 3 N–H and O–H groups in total. The van der Waals surface area contributed by atoms with E-state index in [0.29, 0.717) is 17.7 Å². The lowest BCUT2D eigenvalue weighted by Gasteiger charge is -2.22. The summed E-state index contributed by atoms with van der Waals surface area (Å²) in [5, 5.41) is 15.5. The highest BCUT2D eigenvalue weighted by Gasteiger charge is 2.29. The number of amides is 2. The minimum atomic E-state index is -1.56. The minimum Gasteiger partial charge on any atom is -0.380 e. The first kappa shape index (κ1) is 19.2. The Morgan fingerprint density at radius 2 is 1.88 bits per heavy atom. The summed E-state index contributed by atoms with van der Waals surface area (Å²) in [6, 6.07) is 16.4. The van der Waals surface area contributed by atoms with Crippen LogP contribution >= 0.6 is 0 Å². The highest BCUT2D eigenvalue weighted by atomic mass is 16.3. The Hall–Kier alpha value is -3.10. The van der Waals surface area contributed by atoms with Gasteiger partial charge in [0.1, 0.15) is 5.60 Å². The summed E-state index contributed by atoms with van der Waals surface area (Å²) >= 11 is 0. The van der Waals surface area contributed by atoms with Gasteiger partial charge in [-0.25, -0.2) is 0 Å². The Balaban J connectivity index is 1.82. The Labute approximate surface area is 153 Å². The predicted molar refractivity (Wildman–Crippen MR) is 101 cm³/mol. The number of nitrogens with one attached hydrogen (secondary N) is 2.